The number of benzene rings is 2. The van der Waals surface area contributed by atoms with Gasteiger partial charge in [0.05, 0.1) is 4.47 Å². The number of hydrogen-bond acceptors (Lipinski definition) is 1. The predicted molar refractivity (Wildman–Crippen MR) is 72.6 cm³/mol. The summed E-state index contributed by atoms with van der Waals surface area (Å²) in [4.78, 5) is 0. The molecule has 0 radical (unpaired) electrons. The van der Waals surface area contributed by atoms with Crippen molar-refractivity contribution in [3.05, 3.63) is 63.9 Å². The van der Waals surface area contributed by atoms with Crippen LogP contribution < -0.4 is 5.32 Å². The van der Waals surface area contributed by atoms with Crippen molar-refractivity contribution in [2.24, 2.45) is 0 Å². The molecular weight excluding hydrogens is 281 g/mol. The molecule has 0 heterocycles. The number of anilines is 1. The van der Waals surface area contributed by atoms with Crippen molar-refractivity contribution in [1.82, 2.24) is 0 Å². The highest BCUT2D eigenvalue weighted by Crippen LogP contribution is 2.18. The SMILES string of the molecule is Cc1ccccc1NCc1ccc(Br)c(F)c1. The van der Waals surface area contributed by atoms with Crippen molar-refractivity contribution < 1.29 is 4.39 Å². The largest absolute Gasteiger partial charge is 0.381 e. The van der Waals surface area contributed by atoms with Gasteiger partial charge in [0.1, 0.15) is 5.82 Å². The molecule has 0 bridgehead atoms. The van der Waals surface area contributed by atoms with E-state index in [1.165, 1.54) is 11.6 Å². The molecule has 1 N–H and O–H groups in total. The van der Waals surface area contributed by atoms with Crippen LogP contribution in [0.1, 0.15) is 11.1 Å². The van der Waals surface area contributed by atoms with Gasteiger partial charge in [-0.25, -0.2) is 4.39 Å². The second-order valence-electron chi connectivity index (χ2n) is 3.92. The standard InChI is InChI=1S/C14H13BrFN/c1-10-4-2-3-5-14(10)17-9-11-6-7-12(15)13(16)8-11/h2-8,17H,9H2,1H3. The summed E-state index contributed by atoms with van der Waals surface area (Å²) in [6, 6.07) is 13.2. The van der Waals surface area contributed by atoms with E-state index < -0.39 is 0 Å². The number of nitrogens with one attached hydrogen (secondary N) is 1. The molecule has 0 aliphatic carbocycles. The van der Waals surface area contributed by atoms with E-state index in [1.54, 1.807) is 6.07 Å². The molecular formula is C14H13BrFN. The summed E-state index contributed by atoms with van der Waals surface area (Å²) in [5.74, 6) is -0.228. The molecule has 0 unspecified atom stereocenters. The summed E-state index contributed by atoms with van der Waals surface area (Å²) in [6.07, 6.45) is 0. The zero-order valence-corrected chi connectivity index (χ0v) is 11.1. The first-order chi connectivity index (χ1) is 8.16. The van der Waals surface area contributed by atoms with Crippen LogP contribution >= 0.6 is 15.9 Å². The van der Waals surface area contributed by atoms with Crippen LogP contribution in [0.4, 0.5) is 10.1 Å². The molecule has 0 aliphatic heterocycles. The second kappa shape index (κ2) is 5.32. The minimum Gasteiger partial charge on any atom is -0.381 e. The fourth-order valence-electron chi connectivity index (χ4n) is 1.62. The van der Waals surface area contributed by atoms with Crippen LogP contribution in [0.25, 0.3) is 0 Å². The molecule has 3 heteroatoms. The number of rotatable bonds is 3. The van der Waals surface area contributed by atoms with Gasteiger partial charge in [-0.2, -0.15) is 0 Å². The smallest absolute Gasteiger partial charge is 0.137 e. The minimum absolute atomic E-state index is 0.228. The monoisotopic (exact) mass is 293 g/mol. The fraction of sp³-hybridized carbons (Fsp3) is 0.143. The molecule has 0 atom stereocenters. The zero-order valence-electron chi connectivity index (χ0n) is 9.50. The van der Waals surface area contributed by atoms with Crippen molar-refractivity contribution in [3.63, 3.8) is 0 Å². The Kier molecular flexibility index (Phi) is 3.79. The van der Waals surface area contributed by atoms with E-state index in [1.807, 2.05) is 37.3 Å². The van der Waals surface area contributed by atoms with E-state index in [-0.39, 0.29) is 5.82 Å². The van der Waals surface area contributed by atoms with Gasteiger partial charge in [-0.3, -0.25) is 0 Å². The van der Waals surface area contributed by atoms with Crippen molar-refractivity contribution in [2.45, 2.75) is 13.5 Å². The Bertz CT molecular complexity index is 525. The lowest BCUT2D eigenvalue weighted by Gasteiger charge is -2.09. The Morgan fingerprint density at radius 1 is 1.18 bits per heavy atom. The van der Waals surface area contributed by atoms with Gasteiger partial charge in [0.15, 0.2) is 0 Å². The quantitative estimate of drug-likeness (QED) is 0.878. The first kappa shape index (κ1) is 12.1. The van der Waals surface area contributed by atoms with Gasteiger partial charge < -0.3 is 5.32 Å². The van der Waals surface area contributed by atoms with Gasteiger partial charge >= 0.3 is 0 Å². The topological polar surface area (TPSA) is 12.0 Å². The zero-order chi connectivity index (χ0) is 12.3. The third kappa shape index (κ3) is 3.07. The third-order valence-electron chi connectivity index (χ3n) is 2.61. The van der Waals surface area contributed by atoms with Crippen LogP contribution in [0, 0.1) is 12.7 Å². The molecule has 0 aliphatic rings. The molecule has 2 rings (SSSR count). The maximum atomic E-state index is 13.3. The first-order valence-corrected chi connectivity index (χ1v) is 6.19. The highest BCUT2D eigenvalue weighted by molar-refractivity contribution is 9.10. The molecule has 0 fully saturated rings. The molecule has 0 spiro atoms. The molecule has 0 saturated heterocycles. The summed E-state index contributed by atoms with van der Waals surface area (Å²) >= 11 is 3.14. The van der Waals surface area contributed by atoms with E-state index in [0.29, 0.717) is 11.0 Å². The van der Waals surface area contributed by atoms with Crippen LogP contribution in [0.2, 0.25) is 0 Å². The molecule has 0 amide bonds. The average molecular weight is 294 g/mol. The van der Waals surface area contributed by atoms with E-state index >= 15 is 0 Å². The highest BCUT2D eigenvalue weighted by atomic mass is 79.9. The summed E-state index contributed by atoms with van der Waals surface area (Å²) in [5.41, 5.74) is 3.19. The van der Waals surface area contributed by atoms with Crippen LogP contribution in [-0.4, -0.2) is 0 Å². The Balaban J connectivity index is 2.08. The number of hydrogen-bond donors (Lipinski definition) is 1. The summed E-state index contributed by atoms with van der Waals surface area (Å²) in [7, 11) is 0. The molecule has 17 heavy (non-hydrogen) atoms. The van der Waals surface area contributed by atoms with Crippen LogP contribution in [0.15, 0.2) is 46.9 Å². The maximum absolute atomic E-state index is 13.3. The lowest BCUT2D eigenvalue weighted by atomic mass is 10.2. The Morgan fingerprint density at radius 2 is 1.94 bits per heavy atom. The Labute approximate surface area is 109 Å². The van der Waals surface area contributed by atoms with Gasteiger partial charge in [-0.15, -0.1) is 0 Å². The minimum atomic E-state index is -0.228. The van der Waals surface area contributed by atoms with Crippen LogP contribution in [-0.2, 0) is 6.54 Å². The predicted octanol–water partition coefficient (Wildman–Crippen LogP) is 4.51. The molecule has 1 nitrogen and oxygen atoms in total. The van der Waals surface area contributed by atoms with E-state index in [2.05, 4.69) is 21.2 Å². The van der Waals surface area contributed by atoms with E-state index in [4.69, 9.17) is 0 Å². The van der Waals surface area contributed by atoms with E-state index in [9.17, 15) is 4.39 Å². The molecule has 2 aromatic rings. The molecule has 0 aromatic heterocycles. The highest BCUT2D eigenvalue weighted by Gasteiger charge is 2.01. The Morgan fingerprint density at radius 3 is 2.65 bits per heavy atom. The van der Waals surface area contributed by atoms with Gasteiger partial charge in [0.25, 0.3) is 0 Å². The summed E-state index contributed by atoms with van der Waals surface area (Å²) < 4.78 is 13.8. The van der Waals surface area contributed by atoms with Crippen LogP contribution in [0.5, 0.6) is 0 Å². The molecule has 0 saturated carbocycles. The number of halogens is 2. The third-order valence-corrected chi connectivity index (χ3v) is 3.26. The van der Waals surface area contributed by atoms with Crippen LogP contribution in [0.3, 0.4) is 0 Å². The lowest BCUT2D eigenvalue weighted by Crippen LogP contribution is -2.01. The van der Waals surface area contributed by atoms with E-state index in [0.717, 1.165) is 11.3 Å². The van der Waals surface area contributed by atoms with Crippen molar-refractivity contribution in [3.8, 4) is 0 Å². The van der Waals surface area contributed by atoms with Crippen molar-refractivity contribution in [1.29, 1.82) is 0 Å². The number of aryl methyl sites for hydroxylation is 1. The normalized spacial score (nSPS) is 10.3. The van der Waals surface area contributed by atoms with Gasteiger partial charge in [0, 0.05) is 12.2 Å². The van der Waals surface area contributed by atoms with Gasteiger partial charge in [-0.05, 0) is 52.2 Å². The average Bonchev–Trinajstić information content (AvgIpc) is 2.32. The van der Waals surface area contributed by atoms with Crippen molar-refractivity contribution in [2.75, 3.05) is 5.32 Å². The fourth-order valence-corrected chi connectivity index (χ4v) is 1.86. The Hall–Kier alpha value is -1.35. The summed E-state index contributed by atoms with van der Waals surface area (Å²) in [5, 5.41) is 3.29. The first-order valence-electron chi connectivity index (χ1n) is 5.40. The lowest BCUT2D eigenvalue weighted by molar-refractivity contribution is 0.619. The summed E-state index contributed by atoms with van der Waals surface area (Å²) in [6.45, 7) is 2.67. The van der Waals surface area contributed by atoms with Crippen molar-refractivity contribution >= 4 is 21.6 Å². The molecule has 88 valence electrons. The number of para-hydroxylation sites is 1. The second-order valence-corrected chi connectivity index (χ2v) is 4.77. The van der Waals surface area contributed by atoms with Gasteiger partial charge in [-0.1, -0.05) is 24.3 Å². The maximum Gasteiger partial charge on any atom is 0.137 e. The molecule has 2 aromatic carbocycles. The van der Waals surface area contributed by atoms with Gasteiger partial charge in [0.2, 0.25) is 0 Å².